The Kier molecular flexibility index (Phi) is 5.54. The van der Waals surface area contributed by atoms with Crippen molar-refractivity contribution in [3.05, 3.63) is 75.4 Å². The van der Waals surface area contributed by atoms with Gasteiger partial charge >= 0.3 is 5.69 Å². The summed E-state index contributed by atoms with van der Waals surface area (Å²) in [5.41, 5.74) is 0.510. The first-order valence-corrected chi connectivity index (χ1v) is 9.16. The van der Waals surface area contributed by atoms with Crippen molar-refractivity contribution in [2.45, 2.75) is 33.4 Å². The molecule has 3 rings (SSSR count). The topological polar surface area (TPSA) is 64.3 Å². The van der Waals surface area contributed by atoms with Crippen LogP contribution in [-0.4, -0.2) is 21.6 Å². The molecule has 3 aromatic rings. The average Bonchev–Trinajstić information content (AvgIpc) is 2.70. The summed E-state index contributed by atoms with van der Waals surface area (Å²) in [5.74, 6) is -0.197. The number of carbonyl (C=O) groups excluding carboxylic acids is 1. The third kappa shape index (κ3) is 3.56. The second-order valence-corrected chi connectivity index (χ2v) is 6.32. The number of likely N-dealkylation sites (N-methyl/N-ethyl adjacent to an activating group) is 1. The maximum Gasteiger partial charge on any atom is 0.331 e. The molecule has 0 saturated carbocycles. The Balaban J connectivity index is 2.10. The predicted molar refractivity (Wildman–Crippen MR) is 107 cm³/mol. The van der Waals surface area contributed by atoms with Gasteiger partial charge in [-0.25, -0.2) is 4.79 Å². The number of hydrogen-bond donors (Lipinski definition) is 0. The van der Waals surface area contributed by atoms with Crippen molar-refractivity contribution in [1.82, 2.24) is 9.13 Å². The van der Waals surface area contributed by atoms with Gasteiger partial charge in [-0.3, -0.25) is 18.7 Å². The molecule has 1 heterocycles. The number of nitrogens with zero attached hydrogens (tertiary/aromatic N) is 3. The number of amides is 1. The standard InChI is InChI=1S/C21H23N3O3/c1-3-14-23-20(26)17-12-8-9-13-18(17)24(21(23)27)15-19(25)22(4-2)16-10-6-5-7-11-16/h5-13H,3-4,14-15H2,1-2H3. The van der Waals surface area contributed by atoms with Crippen LogP contribution in [0.15, 0.2) is 64.2 Å². The van der Waals surface area contributed by atoms with Crippen molar-refractivity contribution < 1.29 is 4.79 Å². The van der Waals surface area contributed by atoms with Gasteiger partial charge < -0.3 is 4.90 Å². The highest BCUT2D eigenvalue weighted by atomic mass is 16.2. The number of benzene rings is 2. The molecule has 0 spiro atoms. The van der Waals surface area contributed by atoms with Gasteiger partial charge in [0.25, 0.3) is 5.56 Å². The fourth-order valence-corrected chi connectivity index (χ4v) is 3.28. The number of anilines is 1. The molecule has 1 aromatic heterocycles. The summed E-state index contributed by atoms with van der Waals surface area (Å²) in [7, 11) is 0. The molecule has 0 aliphatic rings. The first-order chi connectivity index (χ1) is 13.1. The Labute approximate surface area is 157 Å². The van der Waals surface area contributed by atoms with Crippen LogP contribution in [0, 0.1) is 0 Å². The molecule has 0 aliphatic carbocycles. The first kappa shape index (κ1) is 18.6. The van der Waals surface area contributed by atoms with E-state index in [0.29, 0.717) is 30.4 Å². The van der Waals surface area contributed by atoms with Crippen LogP contribution in [0.4, 0.5) is 5.69 Å². The molecule has 0 radical (unpaired) electrons. The van der Waals surface area contributed by atoms with Crippen molar-refractivity contribution in [3.8, 4) is 0 Å². The van der Waals surface area contributed by atoms with E-state index in [-0.39, 0.29) is 18.0 Å². The monoisotopic (exact) mass is 365 g/mol. The lowest BCUT2D eigenvalue weighted by Crippen LogP contribution is -2.43. The third-order valence-electron chi connectivity index (χ3n) is 4.56. The van der Waals surface area contributed by atoms with Crippen molar-refractivity contribution in [2.75, 3.05) is 11.4 Å². The number of aromatic nitrogens is 2. The normalized spacial score (nSPS) is 10.9. The fourth-order valence-electron chi connectivity index (χ4n) is 3.28. The molecule has 0 unspecified atom stereocenters. The Morgan fingerprint density at radius 1 is 0.926 bits per heavy atom. The lowest BCUT2D eigenvalue weighted by atomic mass is 10.2. The van der Waals surface area contributed by atoms with Crippen LogP contribution in [0.25, 0.3) is 10.9 Å². The van der Waals surface area contributed by atoms with Crippen LogP contribution in [-0.2, 0) is 17.9 Å². The van der Waals surface area contributed by atoms with E-state index in [1.807, 2.05) is 44.2 Å². The van der Waals surface area contributed by atoms with Crippen LogP contribution in [0.3, 0.4) is 0 Å². The number of hydrogen-bond acceptors (Lipinski definition) is 3. The molecule has 6 heteroatoms. The molecule has 6 nitrogen and oxygen atoms in total. The fraction of sp³-hybridized carbons (Fsp3) is 0.286. The SMILES string of the molecule is CCCn1c(=O)c2ccccc2n(CC(=O)N(CC)c2ccccc2)c1=O. The Hall–Kier alpha value is -3.15. The van der Waals surface area contributed by atoms with Gasteiger partial charge in [-0.2, -0.15) is 0 Å². The van der Waals surface area contributed by atoms with Crippen molar-refractivity contribution in [2.24, 2.45) is 0 Å². The summed E-state index contributed by atoms with van der Waals surface area (Å²) in [5, 5.41) is 0.445. The molecule has 0 atom stereocenters. The molecule has 1 amide bonds. The van der Waals surface area contributed by atoms with Crippen LogP contribution >= 0.6 is 0 Å². The molecule has 0 bridgehead atoms. The smallest absolute Gasteiger partial charge is 0.311 e. The molecular formula is C21H23N3O3. The van der Waals surface area contributed by atoms with E-state index in [1.165, 1.54) is 9.13 Å². The van der Waals surface area contributed by atoms with Crippen LogP contribution < -0.4 is 16.1 Å². The summed E-state index contributed by atoms with van der Waals surface area (Å²) in [6, 6.07) is 16.3. The van der Waals surface area contributed by atoms with Crippen molar-refractivity contribution in [3.63, 3.8) is 0 Å². The van der Waals surface area contributed by atoms with Crippen molar-refractivity contribution >= 4 is 22.5 Å². The van der Waals surface area contributed by atoms with E-state index in [4.69, 9.17) is 0 Å². The van der Waals surface area contributed by atoms with Gasteiger partial charge in [0.1, 0.15) is 6.54 Å². The average molecular weight is 365 g/mol. The highest BCUT2D eigenvalue weighted by Crippen LogP contribution is 2.14. The van der Waals surface area contributed by atoms with E-state index < -0.39 is 5.69 Å². The molecule has 27 heavy (non-hydrogen) atoms. The van der Waals surface area contributed by atoms with E-state index >= 15 is 0 Å². The number of carbonyl (C=O) groups is 1. The Bertz CT molecular complexity index is 1070. The predicted octanol–water partition coefficient (Wildman–Crippen LogP) is 2.63. The van der Waals surface area contributed by atoms with Gasteiger partial charge in [0.15, 0.2) is 0 Å². The minimum Gasteiger partial charge on any atom is -0.311 e. The number of para-hydroxylation sites is 2. The molecular weight excluding hydrogens is 342 g/mol. The Morgan fingerprint density at radius 2 is 1.59 bits per heavy atom. The van der Waals surface area contributed by atoms with Crippen molar-refractivity contribution in [1.29, 1.82) is 0 Å². The summed E-state index contributed by atoms with van der Waals surface area (Å²) >= 11 is 0. The summed E-state index contributed by atoms with van der Waals surface area (Å²) < 4.78 is 2.62. The maximum atomic E-state index is 13.0. The summed E-state index contributed by atoms with van der Waals surface area (Å²) in [4.78, 5) is 40.2. The summed E-state index contributed by atoms with van der Waals surface area (Å²) in [6.45, 7) is 4.50. The summed E-state index contributed by atoms with van der Waals surface area (Å²) in [6.07, 6.45) is 0.659. The molecule has 0 aliphatic heterocycles. The van der Waals surface area contributed by atoms with Gasteiger partial charge in [0.05, 0.1) is 10.9 Å². The zero-order chi connectivity index (χ0) is 19.4. The highest BCUT2D eigenvalue weighted by Gasteiger charge is 2.18. The van der Waals surface area contributed by atoms with E-state index in [2.05, 4.69) is 0 Å². The van der Waals surface area contributed by atoms with E-state index in [1.54, 1.807) is 29.2 Å². The molecule has 0 saturated heterocycles. The van der Waals surface area contributed by atoms with Gasteiger partial charge in [0, 0.05) is 18.8 Å². The second-order valence-electron chi connectivity index (χ2n) is 6.32. The molecule has 0 N–H and O–H groups in total. The largest absolute Gasteiger partial charge is 0.331 e. The first-order valence-electron chi connectivity index (χ1n) is 9.16. The lowest BCUT2D eigenvalue weighted by molar-refractivity contribution is -0.119. The van der Waals surface area contributed by atoms with Gasteiger partial charge in [0.2, 0.25) is 5.91 Å². The van der Waals surface area contributed by atoms with Gasteiger partial charge in [-0.15, -0.1) is 0 Å². The van der Waals surface area contributed by atoms with E-state index in [9.17, 15) is 14.4 Å². The van der Waals surface area contributed by atoms with Crippen LogP contribution in [0.2, 0.25) is 0 Å². The third-order valence-corrected chi connectivity index (χ3v) is 4.56. The lowest BCUT2D eigenvalue weighted by Gasteiger charge is -2.22. The van der Waals surface area contributed by atoms with Crippen LogP contribution in [0.1, 0.15) is 20.3 Å². The zero-order valence-electron chi connectivity index (χ0n) is 15.6. The molecule has 0 fully saturated rings. The van der Waals surface area contributed by atoms with Gasteiger partial charge in [-0.1, -0.05) is 37.3 Å². The highest BCUT2D eigenvalue weighted by molar-refractivity contribution is 5.94. The zero-order valence-corrected chi connectivity index (χ0v) is 15.6. The molecule has 2 aromatic carbocycles. The minimum atomic E-state index is -0.446. The maximum absolute atomic E-state index is 13.0. The van der Waals surface area contributed by atoms with Crippen LogP contribution in [0.5, 0.6) is 0 Å². The number of fused-ring (bicyclic) bond motifs is 1. The minimum absolute atomic E-state index is 0.119. The van der Waals surface area contributed by atoms with E-state index in [0.717, 1.165) is 5.69 Å². The second kappa shape index (κ2) is 8.03. The molecule has 140 valence electrons. The quantitative estimate of drug-likeness (QED) is 0.675. The number of rotatable bonds is 6. The Morgan fingerprint density at radius 3 is 2.26 bits per heavy atom. The van der Waals surface area contributed by atoms with Gasteiger partial charge in [-0.05, 0) is 37.6 Å².